The van der Waals surface area contributed by atoms with Gasteiger partial charge < -0.3 is 18.8 Å². The standard InChI is InChI=1S/C23H25BF3NO6.2C2H6/c1-4-17-18(19(5-2)31-14-23(25,26)27)10-11-20(17)32-16-8-6-15(7-9-16)24-33-21(29)12-28(3)13-22(30)34-24;2*1-2/h4-9,20H,1,10-14H2,2-3H3;2*1-2H3/b19-5+;;. The third-order valence-electron chi connectivity index (χ3n) is 5.23. The number of halogens is 3. The highest BCUT2D eigenvalue weighted by molar-refractivity contribution is 6.64. The lowest BCUT2D eigenvalue weighted by molar-refractivity contribution is -0.164. The van der Waals surface area contributed by atoms with Crippen molar-refractivity contribution in [1.82, 2.24) is 4.90 Å². The molecule has 1 atom stereocenters. The molecular formula is C27H37BF3NO6. The minimum absolute atomic E-state index is 0.0334. The van der Waals surface area contributed by atoms with Crippen LogP contribution in [-0.4, -0.2) is 63.0 Å². The molecule has 1 heterocycles. The fourth-order valence-electron chi connectivity index (χ4n) is 3.75. The fraction of sp³-hybridized carbons (Fsp3) is 0.481. The van der Waals surface area contributed by atoms with E-state index in [1.807, 2.05) is 27.7 Å². The van der Waals surface area contributed by atoms with Crippen LogP contribution in [0.4, 0.5) is 13.2 Å². The number of rotatable bonds is 7. The summed E-state index contributed by atoms with van der Waals surface area (Å²) >= 11 is 0. The zero-order valence-electron chi connectivity index (χ0n) is 22.9. The predicted molar refractivity (Wildman–Crippen MR) is 141 cm³/mol. The number of carbonyl (C=O) groups excluding carboxylic acids is 2. The van der Waals surface area contributed by atoms with Crippen LogP contribution in [0.5, 0.6) is 5.75 Å². The van der Waals surface area contributed by atoms with E-state index in [1.54, 1.807) is 44.3 Å². The number of allylic oxidation sites excluding steroid dienone is 2. The van der Waals surface area contributed by atoms with E-state index in [-0.39, 0.29) is 18.8 Å². The second kappa shape index (κ2) is 15.9. The molecule has 0 spiro atoms. The quantitative estimate of drug-likeness (QED) is 0.358. The number of hydrogen-bond acceptors (Lipinski definition) is 7. The summed E-state index contributed by atoms with van der Waals surface area (Å²) in [6.07, 6.45) is -0.784. The van der Waals surface area contributed by atoms with Crippen LogP contribution in [0, 0.1) is 0 Å². The minimum Gasteiger partial charge on any atom is -0.494 e. The highest BCUT2D eigenvalue weighted by atomic mass is 19.4. The smallest absolute Gasteiger partial charge is 0.494 e. The van der Waals surface area contributed by atoms with E-state index >= 15 is 0 Å². The summed E-state index contributed by atoms with van der Waals surface area (Å²) in [5.41, 5.74) is 1.75. The summed E-state index contributed by atoms with van der Waals surface area (Å²) in [6, 6.07) is 6.50. The molecule has 3 rings (SSSR count). The van der Waals surface area contributed by atoms with E-state index in [0.717, 1.165) is 0 Å². The minimum atomic E-state index is -4.44. The lowest BCUT2D eigenvalue weighted by Crippen LogP contribution is -2.47. The first-order valence-corrected chi connectivity index (χ1v) is 12.7. The number of carbonyl (C=O) groups is 2. The van der Waals surface area contributed by atoms with Crippen LogP contribution in [0.3, 0.4) is 0 Å². The number of nitrogens with zero attached hydrogens (tertiary/aromatic N) is 1. The molecule has 0 saturated carbocycles. The molecular weight excluding hydrogens is 502 g/mol. The van der Waals surface area contributed by atoms with Crippen LogP contribution in [0.2, 0.25) is 0 Å². The summed E-state index contributed by atoms with van der Waals surface area (Å²) in [5.74, 6) is -0.401. The van der Waals surface area contributed by atoms with Crippen molar-refractivity contribution < 1.29 is 41.5 Å². The van der Waals surface area contributed by atoms with E-state index in [0.29, 0.717) is 35.2 Å². The topological polar surface area (TPSA) is 74.3 Å². The molecule has 0 aromatic heterocycles. The Morgan fingerprint density at radius 2 is 1.66 bits per heavy atom. The zero-order chi connectivity index (χ0) is 28.9. The Kier molecular flexibility index (Phi) is 13.7. The highest BCUT2D eigenvalue weighted by Gasteiger charge is 2.34. The van der Waals surface area contributed by atoms with E-state index in [2.05, 4.69) is 6.58 Å². The maximum Gasteiger partial charge on any atom is 0.636 e. The molecule has 1 saturated heterocycles. The molecule has 1 aromatic carbocycles. The molecule has 0 bridgehead atoms. The van der Waals surface area contributed by atoms with Gasteiger partial charge in [-0.25, -0.2) is 0 Å². The Morgan fingerprint density at radius 1 is 1.11 bits per heavy atom. The summed E-state index contributed by atoms with van der Waals surface area (Å²) in [6.45, 7) is 11.9. The van der Waals surface area contributed by atoms with Crippen LogP contribution in [0.15, 0.2) is 59.9 Å². The molecule has 11 heteroatoms. The van der Waals surface area contributed by atoms with E-state index < -0.39 is 37.9 Å². The lowest BCUT2D eigenvalue weighted by atomic mass is 9.78. The number of alkyl halides is 3. The van der Waals surface area contributed by atoms with Crippen molar-refractivity contribution in [2.24, 2.45) is 0 Å². The Labute approximate surface area is 223 Å². The first kappa shape index (κ1) is 32.8. The summed E-state index contributed by atoms with van der Waals surface area (Å²) in [4.78, 5) is 25.4. The molecule has 0 N–H and O–H groups in total. The van der Waals surface area contributed by atoms with E-state index in [4.69, 9.17) is 18.8 Å². The largest absolute Gasteiger partial charge is 0.636 e. The van der Waals surface area contributed by atoms with E-state index in [9.17, 15) is 22.8 Å². The highest BCUT2D eigenvalue weighted by Crippen LogP contribution is 2.36. The van der Waals surface area contributed by atoms with Gasteiger partial charge in [0, 0.05) is 11.0 Å². The molecule has 1 aliphatic heterocycles. The molecule has 1 aliphatic carbocycles. The molecule has 2 aliphatic rings. The van der Waals surface area contributed by atoms with Gasteiger partial charge in [-0.05, 0) is 50.6 Å². The van der Waals surface area contributed by atoms with Crippen LogP contribution >= 0.6 is 0 Å². The van der Waals surface area contributed by atoms with Crippen molar-refractivity contribution in [3.05, 3.63) is 59.9 Å². The monoisotopic (exact) mass is 539 g/mol. The summed E-state index contributed by atoms with van der Waals surface area (Å²) < 4.78 is 59.2. The Hall–Kier alpha value is -3.21. The summed E-state index contributed by atoms with van der Waals surface area (Å²) in [7, 11) is 0.448. The third kappa shape index (κ3) is 9.93. The number of likely N-dealkylation sites (N-methyl/N-ethyl adjacent to an activating group) is 1. The van der Waals surface area contributed by atoms with Crippen LogP contribution in [-0.2, 0) is 23.6 Å². The summed E-state index contributed by atoms with van der Waals surface area (Å²) in [5, 5.41) is 0. The first-order chi connectivity index (χ1) is 18.1. The maximum atomic E-state index is 12.6. The van der Waals surface area contributed by atoms with Crippen molar-refractivity contribution >= 4 is 24.5 Å². The van der Waals surface area contributed by atoms with Gasteiger partial charge in [-0.1, -0.05) is 52.5 Å². The SMILES string of the molecule is C=CC1=C(/C(=C\C)OCC(F)(F)F)CCC1Oc1ccc(B2OC(=O)CN(C)CC(=O)O2)cc1.CC.CC. The average molecular weight is 539 g/mol. The molecule has 1 aromatic rings. The van der Waals surface area contributed by atoms with Crippen molar-refractivity contribution in [2.45, 2.75) is 59.7 Å². The number of ether oxygens (including phenoxy) is 2. The maximum absolute atomic E-state index is 12.6. The van der Waals surface area contributed by atoms with Gasteiger partial charge in [-0.2, -0.15) is 13.2 Å². The van der Waals surface area contributed by atoms with Crippen molar-refractivity contribution in [3.63, 3.8) is 0 Å². The van der Waals surface area contributed by atoms with Gasteiger partial charge in [0.05, 0.1) is 13.1 Å². The van der Waals surface area contributed by atoms with Crippen molar-refractivity contribution in [1.29, 1.82) is 0 Å². The van der Waals surface area contributed by atoms with Crippen molar-refractivity contribution in [2.75, 3.05) is 26.7 Å². The molecule has 7 nitrogen and oxygen atoms in total. The van der Waals surface area contributed by atoms with Crippen molar-refractivity contribution in [3.8, 4) is 5.75 Å². The van der Waals surface area contributed by atoms with Gasteiger partial charge in [-0.3, -0.25) is 14.5 Å². The van der Waals surface area contributed by atoms with Gasteiger partial charge >= 0.3 is 25.2 Å². The number of hydrogen-bond donors (Lipinski definition) is 0. The van der Waals surface area contributed by atoms with Crippen LogP contribution < -0.4 is 10.2 Å². The molecule has 1 unspecified atom stereocenters. The Balaban J connectivity index is 0.00000172. The Bertz CT molecular complexity index is 972. The van der Waals surface area contributed by atoms with E-state index in [1.165, 1.54) is 11.0 Å². The second-order valence-electron chi connectivity index (χ2n) is 7.89. The first-order valence-electron chi connectivity index (χ1n) is 12.7. The lowest BCUT2D eigenvalue weighted by Gasteiger charge is -2.22. The third-order valence-corrected chi connectivity index (χ3v) is 5.23. The van der Waals surface area contributed by atoms with Gasteiger partial charge in [0.2, 0.25) is 0 Å². The van der Waals surface area contributed by atoms with Gasteiger partial charge in [0.1, 0.15) is 17.6 Å². The fourth-order valence-corrected chi connectivity index (χ4v) is 3.75. The Morgan fingerprint density at radius 3 is 2.13 bits per heavy atom. The number of benzene rings is 1. The molecule has 38 heavy (non-hydrogen) atoms. The van der Waals surface area contributed by atoms with Gasteiger partial charge in [-0.15, -0.1) is 0 Å². The average Bonchev–Trinajstić information content (AvgIpc) is 3.27. The van der Waals surface area contributed by atoms with Gasteiger partial charge in [0.25, 0.3) is 0 Å². The van der Waals surface area contributed by atoms with Gasteiger partial charge in [0.15, 0.2) is 6.61 Å². The molecule has 210 valence electrons. The van der Waals surface area contributed by atoms with Crippen LogP contribution in [0.25, 0.3) is 0 Å². The zero-order valence-corrected chi connectivity index (χ0v) is 22.9. The second-order valence-corrected chi connectivity index (χ2v) is 7.89. The molecule has 0 amide bonds. The predicted octanol–water partition coefficient (Wildman–Crippen LogP) is 4.97. The normalized spacial score (nSPS) is 18.6. The molecule has 1 fully saturated rings. The molecule has 0 radical (unpaired) electrons. The van der Waals surface area contributed by atoms with Crippen LogP contribution in [0.1, 0.15) is 47.5 Å².